The number of halogens is 1. The fraction of sp³-hybridized carbons (Fsp3) is 0.188. The first-order valence-corrected chi connectivity index (χ1v) is 7.42. The van der Waals surface area contributed by atoms with Crippen LogP contribution in [-0.2, 0) is 22.5 Å². The van der Waals surface area contributed by atoms with Crippen LogP contribution < -0.4 is 5.32 Å². The van der Waals surface area contributed by atoms with Crippen LogP contribution >= 0.6 is 15.9 Å². The lowest BCUT2D eigenvalue weighted by atomic mass is 10.1. The first-order chi connectivity index (χ1) is 10.6. The second kappa shape index (κ2) is 7.70. The number of aromatic nitrogens is 1. The number of methoxy groups -OCH3 is 1. The van der Waals surface area contributed by atoms with Crippen molar-refractivity contribution < 1.29 is 14.3 Å². The van der Waals surface area contributed by atoms with Crippen LogP contribution in [0.15, 0.2) is 47.1 Å². The summed E-state index contributed by atoms with van der Waals surface area (Å²) >= 11 is 3.37. The largest absolute Gasteiger partial charge is 0.465 e. The third kappa shape index (κ3) is 4.66. The Morgan fingerprint density at radius 1 is 1.27 bits per heavy atom. The van der Waals surface area contributed by atoms with Gasteiger partial charge in [-0.1, -0.05) is 28.1 Å². The van der Waals surface area contributed by atoms with Gasteiger partial charge in [0.15, 0.2) is 0 Å². The van der Waals surface area contributed by atoms with E-state index in [4.69, 9.17) is 0 Å². The summed E-state index contributed by atoms with van der Waals surface area (Å²) in [6.07, 6.45) is 1.80. The molecule has 0 saturated carbocycles. The lowest BCUT2D eigenvalue weighted by molar-refractivity contribution is -0.120. The molecule has 0 aliphatic heterocycles. The standard InChI is InChI=1S/C16H15BrN2O3/c1-22-16(21)12-5-6-18-14(9-12)10-19-15(20)8-11-3-2-4-13(17)7-11/h2-7,9H,8,10H2,1H3,(H,19,20). The molecule has 1 aromatic carbocycles. The third-order valence-corrected chi connectivity index (χ3v) is 3.45. The maximum atomic E-state index is 11.9. The van der Waals surface area contributed by atoms with Gasteiger partial charge in [0.05, 0.1) is 31.3 Å². The molecule has 114 valence electrons. The van der Waals surface area contributed by atoms with Crippen molar-refractivity contribution in [2.75, 3.05) is 7.11 Å². The second-order valence-corrected chi connectivity index (χ2v) is 5.53. The number of rotatable bonds is 5. The van der Waals surface area contributed by atoms with Crippen LogP contribution in [-0.4, -0.2) is 24.0 Å². The molecule has 0 unspecified atom stereocenters. The van der Waals surface area contributed by atoms with Gasteiger partial charge in [-0.05, 0) is 29.8 Å². The number of esters is 1. The molecule has 5 nitrogen and oxygen atoms in total. The van der Waals surface area contributed by atoms with Gasteiger partial charge in [-0.25, -0.2) is 4.79 Å². The fourth-order valence-electron chi connectivity index (χ4n) is 1.90. The molecule has 1 amide bonds. The van der Waals surface area contributed by atoms with Crippen LogP contribution in [0.4, 0.5) is 0 Å². The molecule has 2 rings (SSSR count). The van der Waals surface area contributed by atoms with Gasteiger partial charge < -0.3 is 10.1 Å². The van der Waals surface area contributed by atoms with Crippen molar-refractivity contribution in [1.82, 2.24) is 10.3 Å². The van der Waals surface area contributed by atoms with E-state index >= 15 is 0 Å². The number of pyridine rings is 1. The summed E-state index contributed by atoms with van der Waals surface area (Å²) in [5, 5.41) is 2.78. The van der Waals surface area contributed by atoms with E-state index in [1.807, 2.05) is 24.3 Å². The quantitative estimate of drug-likeness (QED) is 0.829. The number of carbonyl (C=O) groups is 2. The van der Waals surface area contributed by atoms with E-state index in [0.29, 0.717) is 11.3 Å². The summed E-state index contributed by atoms with van der Waals surface area (Å²) in [7, 11) is 1.32. The van der Waals surface area contributed by atoms with Crippen molar-refractivity contribution >= 4 is 27.8 Å². The summed E-state index contributed by atoms with van der Waals surface area (Å²) in [6.45, 7) is 0.262. The number of carbonyl (C=O) groups excluding carboxylic acids is 2. The van der Waals surface area contributed by atoms with Gasteiger partial charge >= 0.3 is 5.97 Å². The minimum atomic E-state index is -0.427. The SMILES string of the molecule is COC(=O)c1ccnc(CNC(=O)Cc2cccc(Br)c2)c1. The lowest BCUT2D eigenvalue weighted by Crippen LogP contribution is -2.25. The zero-order chi connectivity index (χ0) is 15.9. The summed E-state index contributed by atoms with van der Waals surface area (Å²) in [4.78, 5) is 27.5. The summed E-state index contributed by atoms with van der Waals surface area (Å²) < 4.78 is 5.58. The second-order valence-electron chi connectivity index (χ2n) is 4.61. The average Bonchev–Trinajstić information content (AvgIpc) is 2.52. The predicted octanol–water partition coefficient (Wildman–Crippen LogP) is 2.49. The minimum Gasteiger partial charge on any atom is -0.465 e. The van der Waals surface area contributed by atoms with Gasteiger partial charge in [-0.15, -0.1) is 0 Å². The molecule has 22 heavy (non-hydrogen) atoms. The van der Waals surface area contributed by atoms with Crippen molar-refractivity contribution in [3.8, 4) is 0 Å². The number of ether oxygens (including phenoxy) is 1. The molecular formula is C16H15BrN2O3. The molecule has 0 spiro atoms. The number of benzene rings is 1. The van der Waals surface area contributed by atoms with E-state index in [2.05, 4.69) is 31.0 Å². The Bertz CT molecular complexity index is 689. The Morgan fingerprint density at radius 3 is 2.82 bits per heavy atom. The van der Waals surface area contributed by atoms with Gasteiger partial charge in [0.25, 0.3) is 0 Å². The smallest absolute Gasteiger partial charge is 0.337 e. The van der Waals surface area contributed by atoms with Crippen LogP contribution in [0.5, 0.6) is 0 Å². The molecule has 1 heterocycles. The normalized spacial score (nSPS) is 10.1. The van der Waals surface area contributed by atoms with E-state index in [1.54, 1.807) is 12.1 Å². The average molecular weight is 363 g/mol. The van der Waals surface area contributed by atoms with Gasteiger partial charge in [0.2, 0.25) is 5.91 Å². The topological polar surface area (TPSA) is 68.3 Å². The number of hydrogen-bond donors (Lipinski definition) is 1. The molecule has 1 aromatic heterocycles. The Hall–Kier alpha value is -2.21. The van der Waals surface area contributed by atoms with E-state index in [-0.39, 0.29) is 18.9 Å². The van der Waals surface area contributed by atoms with Crippen LogP contribution in [0, 0.1) is 0 Å². The van der Waals surface area contributed by atoms with Crippen LogP contribution in [0.2, 0.25) is 0 Å². The monoisotopic (exact) mass is 362 g/mol. The van der Waals surface area contributed by atoms with Crippen molar-refractivity contribution in [3.05, 3.63) is 63.9 Å². The summed E-state index contributed by atoms with van der Waals surface area (Å²) in [6, 6.07) is 10.7. The van der Waals surface area contributed by atoms with E-state index in [1.165, 1.54) is 13.3 Å². The van der Waals surface area contributed by atoms with E-state index in [0.717, 1.165) is 10.0 Å². The number of hydrogen-bond acceptors (Lipinski definition) is 4. The molecule has 0 saturated heterocycles. The van der Waals surface area contributed by atoms with Crippen molar-refractivity contribution in [2.24, 2.45) is 0 Å². The Morgan fingerprint density at radius 2 is 2.09 bits per heavy atom. The first-order valence-electron chi connectivity index (χ1n) is 6.63. The van der Waals surface area contributed by atoms with Crippen molar-refractivity contribution in [1.29, 1.82) is 0 Å². The Kier molecular flexibility index (Phi) is 5.66. The fourth-order valence-corrected chi connectivity index (χ4v) is 2.35. The zero-order valence-electron chi connectivity index (χ0n) is 12.0. The summed E-state index contributed by atoms with van der Waals surface area (Å²) in [5.41, 5.74) is 1.93. The van der Waals surface area contributed by atoms with E-state index in [9.17, 15) is 9.59 Å². The molecule has 6 heteroatoms. The maximum absolute atomic E-state index is 11.9. The van der Waals surface area contributed by atoms with Crippen molar-refractivity contribution in [3.63, 3.8) is 0 Å². The molecule has 0 fully saturated rings. The number of amides is 1. The lowest BCUT2D eigenvalue weighted by Gasteiger charge is -2.06. The van der Waals surface area contributed by atoms with Crippen LogP contribution in [0.3, 0.4) is 0 Å². The number of nitrogens with one attached hydrogen (secondary N) is 1. The highest BCUT2D eigenvalue weighted by molar-refractivity contribution is 9.10. The molecule has 0 aliphatic carbocycles. The minimum absolute atomic E-state index is 0.108. The molecular weight excluding hydrogens is 348 g/mol. The summed E-state index contributed by atoms with van der Waals surface area (Å²) in [5.74, 6) is -0.535. The van der Waals surface area contributed by atoms with E-state index < -0.39 is 5.97 Å². The molecule has 0 bridgehead atoms. The highest BCUT2D eigenvalue weighted by Crippen LogP contribution is 2.12. The highest BCUT2D eigenvalue weighted by Gasteiger charge is 2.08. The zero-order valence-corrected chi connectivity index (χ0v) is 13.6. The van der Waals surface area contributed by atoms with Gasteiger partial charge in [0.1, 0.15) is 0 Å². The maximum Gasteiger partial charge on any atom is 0.337 e. The van der Waals surface area contributed by atoms with Crippen LogP contribution in [0.1, 0.15) is 21.6 Å². The third-order valence-electron chi connectivity index (χ3n) is 2.96. The number of nitrogens with zero attached hydrogens (tertiary/aromatic N) is 1. The Labute approximate surface area is 136 Å². The predicted molar refractivity (Wildman–Crippen MR) is 85.3 cm³/mol. The van der Waals surface area contributed by atoms with Crippen LogP contribution in [0.25, 0.3) is 0 Å². The van der Waals surface area contributed by atoms with Gasteiger partial charge in [-0.2, -0.15) is 0 Å². The molecule has 0 aliphatic rings. The van der Waals surface area contributed by atoms with Crippen molar-refractivity contribution in [2.45, 2.75) is 13.0 Å². The van der Waals surface area contributed by atoms with Gasteiger partial charge in [-0.3, -0.25) is 9.78 Å². The molecule has 0 atom stereocenters. The van der Waals surface area contributed by atoms with Gasteiger partial charge in [0, 0.05) is 10.7 Å². The molecule has 2 aromatic rings. The first kappa shape index (κ1) is 16.2. The molecule has 1 N–H and O–H groups in total. The molecule has 0 radical (unpaired) electrons. The Balaban J connectivity index is 1.92. The highest BCUT2D eigenvalue weighted by atomic mass is 79.9.